The number of carbonyl (C=O) groups is 1. The number of fused-ring (bicyclic) bond motifs is 1. The van der Waals surface area contributed by atoms with Crippen molar-refractivity contribution in [3.63, 3.8) is 0 Å². The Kier molecular flexibility index (Phi) is 4.42. The van der Waals surface area contributed by atoms with Gasteiger partial charge in [0, 0.05) is 27.5 Å². The maximum absolute atomic E-state index is 12.7. The van der Waals surface area contributed by atoms with Gasteiger partial charge in [0.25, 0.3) is 0 Å². The number of hydrogen-bond acceptors (Lipinski definition) is 4. The molecule has 24 heavy (non-hydrogen) atoms. The summed E-state index contributed by atoms with van der Waals surface area (Å²) in [6.07, 6.45) is 4.64. The van der Waals surface area contributed by atoms with Crippen LogP contribution in [-0.2, 0) is 4.79 Å². The molecule has 0 saturated carbocycles. The third-order valence-electron chi connectivity index (χ3n) is 4.55. The quantitative estimate of drug-likeness (QED) is 0.704. The molecule has 2 nitrogen and oxygen atoms in total. The summed E-state index contributed by atoms with van der Waals surface area (Å²) in [5, 5.41) is 3.62. The molecule has 2 aromatic carbocycles. The maximum Gasteiger partial charge on any atom is 0.162 e. The molecule has 1 N–H and O–H groups in total. The Morgan fingerprint density at radius 2 is 1.88 bits per heavy atom. The lowest BCUT2D eigenvalue weighted by Gasteiger charge is -2.24. The zero-order valence-electron chi connectivity index (χ0n) is 13.5. The van der Waals surface area contributed by atoms with E-state index in [0.717, 1.165) is 29.8 Å². The number of benzene rings is 2. The average molecular weight is 354 g/mol. The first-order valence-electron chi connectivity index (χ1n) is 8.19. The smallest absolute Gasteiger partial charge is 0.162 e. The van der Waals surface area contributed by atoms with Crippen molar-refractivity contribution >= 4 is 35.0 Å². The average Bonchev–Trinajstić information content (AvgIpc) is 2.79. The van der Waals surface area contributed by atoms with Gasteiger partial charge >= 0.3 is 0 Å². The van der Waals surface area contributed by atoms with Crippen LogP contribution in [0.5, 0.6) is 0 Å². The van der Waals surface area contributed by atoms with E-state index in [-0.39, 0.29) is 5.25 Å². The maximum atomic E-state index is 12.7. The van der Waals surface area contributed by atoms with Crippen LogP contribution in [0.25, 0.3) is 0 Å². The van der Waals surface area contributed by atoms with Crippen LogP contribution in [0.15, 0.2) is 69.6 Å². The molecule has 1 heterocycles. The summed E-state index contributed by atoms with van der Waals surface area (Å²) < 4.78 is 0. The van der Waals surface area contributed by atoms with Gasteiger partial charge in [-0.25, -0.2) is 0 Å². The number of rotatable bonds is 2. The Labute approximate surface area is 151 Å². The Morgan fingerprint density at radius 3 is 2.67 bits per heavy atom. The lowest BCUT2D eigenvalue weighted by atomic mass is 9.89. The third-order valence-corrected chi connectivity index (χ3v) is 6.65. The van der Waals surface area contributed by atoms with Crippen LogP contribution in [0.1, 0.15) is 30.1 Å². The van der Waals surface area contributed by atoms with Gasteiger partial charge in [0.1, 0.15) is 0 Å². The van der Waals surface area contributed by atoms with Crippen LogP contribution in [0, 0.1) is 0 Å². The standard InChI is InChI=1S/C20H19NOS2/c1-23-14-11-9-13(10-12-14)20-19-16(6-4-7-17(19)22)21-15-5-2-3-8-18(15)24-20/h2-3,5,8-12,20-21H,4,6-7H2,1H3/t20-/m0/s1. The zero-order chi connectivity index (χ0) is 16.5. The molecule has 2 aromatic rings. The summed E-state index contributed by atoms with van der Waals surface area (Å²) in [5.74, 6) is 0.294. The summed E-state index contributed by atoms with van der Waals surface area (Å²) >= 11 is 3.53. The van der Waals surface area contributed by atoms with Crippen molar-refractivity contribution in [2.45, 2.75) is 34.3 Å². The van der Waals surface area contributed by atoms with Crippen molar-refractivity contribution < 1.29 is 4.79 Å². The lowest BCUT2D eigenvalue weighted by Crippen LogP contribution is -2.19. The largest absolute Gasteiger partial charge is 0.358 e. The molecule has 1 atom stereocenters. The number of anilines is 1. The van der Waals surface area contributed by atoms with Crippen LogP contribution >= 0.6 is 23.5 Å². The first-order valence-corrected chi connectivity index (χ1v) is 10.3. The number of carbonyl (C=O) groups excluding carboxylic acids is 1. The van der Waals surface area contributed by atoms with Crippen LogP contribution in [0.3, 0.4) is 0 Å². The first kappa shape index (κ1) is 15.9. The number of thioether (sulfide) groups is 2. The van der Waals surface area contributed by atoms with Crippen molar-refractivity contribution in [2.24, 2.45) is 0 Å². The Morgan fingerprint density at radius 1 is 1.08 bits per heavy atom. The summed E-state index contributed by atoms with van der Waals surface area (Å²) in [6, 6.07) is 17.0. The highest BCUT2D eigenvalue weighted by Gasteiger charge is 2.32. The lowest BCUT2D eigenvalue weighted by molar-refractivity contribution is -0.116. The van der Waals surface area contributed by atoms with E-state index in [0.29, 0.717) is 12.2 Å². The van der Waals surface area contributed by atoms with Gasteiger partial charge in [0.05, 0.1) is 10.9 Å². The van der Waals surface area contributed by atoms with Gasteiger partial charge in [0.2, 0.25) is 0 Å². The normalized spacial score (nSPS) is 20.0. The molecule has 2 aliphatic rings. The molecular formula is C20H19NOS2. The fraction of sp³-hybridized carbons (Fsp3) is 0.250. The molecule has 0 spiro atoms. The topological polar surface area (TPSA) is 29.1 Å². The predicted octanol–water partition coefficient (Wildman–Crippen LogP) is 5.67. The highest BCUT2D eigenvalue weighted by atomic mass is 32.2. The predicted molar refractivity (Wildman–Crippen MR) is 103 cm³/mol. The molecule has 1 aliphatic heterocycles. The minimum Gasteiger partial charge on any atom is -0.358 e. The van der Waals surface area contributed by atoms with Crippen molar-refractivity contribution in [2.75, 3.05) is 11.6 Å². The number of allylic oxidation sites excluding steroid dienone is 1. The molecule has 0 aromatic heterocycles. The summed E-state index contributed by atoms with van der Waals surface area (Å²) in [7, 11) is 0. The minimum atomic E-state index is 0.0693. The van der Waals surface area contributed by atoms with Crippen LogP contribution in [0.2, 0.25) is 0 Å². The molecule has 0 saturated heterocycles. The second-order valence-corrected chi connectivity index (χ2v) is 8.09. The fourth-order valence-corrected chi connectivity index (χ4v) is 5.08. The molecule has 0 radical (unpaired) electrons. The number of ketones is 1. The molecule has 122 valence electrons. The van der Waals surface area contributed by atoms with E-state index in [1.807, 2.05) is 6.07 Å². The number of hydrogen-bond donors (Lipinski definition) is 1. The molecular weight excluding hydrogens is 334 g/mol. The molecule has 0 unspecified atom stereocenters. The second kappa shape index (κ2) is 6.69. The number of nitrogens with one attached hydrogen (secondary N) is 1. The van der Waals surface area contributed by atoms with Crippen molar-refractivity contribution in [3.8, 4) is 0 Å². The van der Waals surface area contributed by atoms with E-state index in [2.05, 4.69) is 54.0 Å². The van der Waals surface area contributed by atoms with Gasteiger partial charge in [0.15, 0.2) is 5.78 Å². The van der Waals surface area contributed by atoms with Gasteiger partial charge in [-0.15, -0.1) is 23.5 Å². The van der Waals surface area contributed by atoms with Crippen molar-refractivity contribution in [1.29, 1.82) is 0 Å². The van der Waals surface area contributed by atoms with Crippen LogP contribution in [0.4, 0.5) is 5.69 Å². The highest BCUT2D eigenvalue weighted by molar-refractivity contribution is 8.00. The number of para-hydroxylation sites is 1. The van der Waals surface area contributed by atoms with Gasteiger partial charge in [-0.3, -0.25) is 4.79 Å². The van der Waals surface area contributed by atoms with Crippen molar-refractivity contribution in [1.82, 2.24) is 0 Å². The van der Waals surface area contributed by atoms with E-state index >= 15 is 0 Å². The summed E-state index contributed by atoms with van der Waals surface area (Å²) in [5.41, 5.74) is 4.41. The van der Waals surface area contributed by atoms with Gasteiger partial charge in [-0.05, 0) is 48.9 Å². The minimum absolute atomic E-state index is 0.0693. The molecule has 1 aliphatic carbocycles. The van der Waals surface area contributed by atoms with E-state index in [1.54, 1.807) is 23.5 Å². The monoisotopic (exact) mass is 353 g/mol. The molecule has 4 heteroatoms. The van der Waals surface area contributed by atoms with Gasteiger partial charge in [-0.2, -0.15) is 0 Å². The van der Waals surface area contributed by atoms with Crippen LogP contribution in [-0.4, -0.2) is 12.0 Å². The zero-order valence-corrected chi connectivity index (χ0v) is 15.2. The van der Waals surface area contributed by atoms with Gasteiger partial charge in [-0.1, -0.05) is 24.3 Å². The summed E-state index contributed by atoms with van der Waals surface area (Å²) in [6.45, 7) is 0. The highest BCUT2D eigenvalue weighted by Crippen LogP contribution is 2.49. The molecule has 0 bridgehead atoms. The van der Waals surface area contributed by atoms with Gasteiger partial charge < -0.3 is 5.32 Å². The van der Waals surface area contributed by atoms with Crippen LogP contribution < -0.4 is 5.32 Å². The van der Waals surface area contributed by atoms with E-state index in [1.165, 1.54) is 15.4 Å². The second-order valence-electron chi connectivity index (χ2n) is 6.06. The number of Topliss-reactive ketones (excluding diaryl/α,β-unsaturated/α-hetero) is 1. The first-order chi connectivity index (χ1) is 11.8. The Balaban J connectivity index is 1.83. The SMILES string of the molecule is CSc1ccc([C@@H]2Sc3ccccc3NC3=C2C(=O)CCC3)cc1. The fourth-order valence-electron chi connectivity index (χ4n) is 3.33. The third kappa shape index (κ3) is 2.89. The molecule has 0 fully saturated rings. The molecule has 4 rings (SSSR count). The van der Waals surface area contributed by atoms with E-state index in [4.69, 9.17) is 0 Å². The van der Waals surface area contributed by atoms with E-state index < -0.39 is 0 Å². The molecule has 0 amide bonds. The van der Waals surface area contributed by atoms with E-state index in [9.17, 15) is 4.79 Å². The summed E-state index contributed by atoms with van der Waals surface area (Å²) in [4.78, 5) is 15.2. The Hall–Kier alpha value is -1.65. The Bertz CT molecular complexity index is 811. The van der Waals surface area contributed by atoms with Crippen molar-refractivity contribution in [3.05, 3.63) is 65.4 Å².